The van der Waals surface area contributed by atoms with Crippen molar-refractivity contribution in [3.05, 3.63) is 46.6 Å². The van der Waals surface area contributed by atoms with Crippen molar-refractivity contribution in [2.45, 2.75) is 32.7 Å². The lowest BCUT2D eigenvalue weighted by Crippen LogP contribution is -2.42. The summed E-state index contributed by atoms with van der Waals surface area (Å²) in [5.74, 6) is -1.71. The van der Waals surface area contributed by atoms with Crippen molar-refractivity contribution in [2.24, 2.45) is 5.92 Å². The minimum Gasteiger partial charge on any atom is -0.480 e. The summed E-state index contributed by atoms with van der Waals surface area (Å²) in [7, 11) is 0. The van der Waals surface area contributed by atoms with Gasteiger partial charge in [-0.1, -0.05) is 37.6 Å². The van der Waals surface area contributed by atoms with Crippen molar-refractivity contribution >= 4 is 23.5 Å². The Labute approximate surface area is 152 Å². The van der Waals surface area contributed by atoms with Gasteiger partial charge in [-0.25, -0.2) is 4.79 Å². The molecule has 0 fully saturated rings. The molecule has 1 aromatic rings. The largest absolute Gasteiger partial charge is 0.480 e. The summed E-state index contributed by atoms with van der Waals surface area (Å²) >= 11 is 5.82. The van der Waals surface area contributed by atoms with Crippen molar-refractivity contribution in [1.82, 2.24) is 10.6 Å². The highest BCUT2D eigenvalue weighted by atomic mass is 35.5. The standard InChI is InChI=1S/C18H22ClN3O3/c1-12(2)9-16(18(24)25)22-17(23)14(10-20)11-21-8-7-13-3-5-15(19)6-4-13/h3-6,11-12,16,21H,7-9H2,1-2H3,(H,22,23)(H,24,25)/b14-11-. The molecule has 1 unspecified atom stereocenters. The Balaban J connectivity index is 2.56. The maximum atomic E-state index is 12.1. The highest BCUT2D eigenvalue weighted by molar-refractivity contribution is 6.30. The molecule has 25 heavy (non-hydrogen) atoms. The number of hydrogen-bond donors (Lipinski definition) is 3. The van der Waals surface area contributed by atoms with Crippen molar-refractivity contribution in [1.29, 1.82) is 5.26 Å². The average Bonchev–Trinajstić information content (AvgIpc) is 2.55. The Morgan fingerprint density at radius 2 is 1.96 bits per heavy atom. The molecule has 1 rings (SSSR count). The smallest absolute Gasteiger partial charge is 0.326 e. The van der Waals surface area contributed by atoms with Crippen LogP contribution < -0.4 is 10.6 Å². The number of nitriles is 1. The minimum atomic E-state index is -1.12. The number of amides is 1. The molecule has 1 atom stereocenters. The van der Waals surface area contributed by atoms with Crippen molar-refractivity contribution in [3.63, 3.8) is 0 Å². The summed E-state index contributed by atoms with van der Waals surface area (Å²) in [6.45, 7) is 4.25. The topological polar surface area (TPSA) is 102 Å². The van der Waals surface area contributed by atoms with E-state index in [1.54, 1.807) is 18.2 Å². The van der Waals surface area contributed by atoms with Crippen LogP contribution >= 0.6 is 11.6 Å². The molecule has 0 aromatic heterocycles. The van der Waals surface area contributed by atoms with Crippen LogP contribution in [0.2, 0.25) is 5.02 Å². The number of benzene rings is 1. The number of halogens is 1. The molecule has 3 N–H and O–H groups in total. The maximum Gasteiger partial charge on any atom is 0.326 e. The van der Waals surface area contributed by atoms with Gasteiger partial charge in [-0.05, 0) is 36.5 Å². The van der Waals surface area contributed by atoms with E-state index >= 15 is 0 Å². The molecule has 0 saturated carbocycles. The van der Waals surface area contributed by atoms with Crippen LogP contribution in [-0.4, -0.2) is 29.6 Å². The molecular formula is C18H22ClN3O3. The number of nitrogens with one attached hydrogen (secondary N) is 2. The molecule has 6 nitrogen and oxygen atoms in total. The summed E-state index contributed by atoms with van der Waals surface area (Å²) in [5.41, 5.74) is 0.905. The Morgan fingerprint density at radius 3 is 2.48 bits per heavy atom. The summed E-state index contributed by atoms with van der Waals surface area (Å²) in [4.78, 5) is 23.2. The molecule has 0 saturated heterocycles. The second kappa shape index (κ2) is 10.4. The average molecular weight is 364 g/mol. The fraction of sp³-hybridized carbons (Fsp3) is 0.389. The van der Waals surface area contributed by atoms with Crippen LogP contribution in [0.1, 0.15) is 25.8 Å². The van der Waals surface area contributed by atoms with E-state index in [9.17, 15) is 9.59 Å². The third-order valence-corrected chi connectivity index (χ3v) is 3.65. The van der Waals surface area contributed by atoms with Crippen molar-refractivity contribution in [2.75, 3.05) is 6.54 Å². The van der Waals surface area contributed by atoms with Crippen LogP contribution in [0, 0.1) is 17.2 Å². The fourth-order valence-corrected chi connectivity index (χ4v) is 2.25. The lowest BCUT2D eigenvalue weighted by Gasteiger charge is -2.16. The first-order chi connectivity index (χ1) is 11.8. The zero-order valence-corrected chi connectivity index (χ0v) is 15.0. The van der Waals surface area contributed by atoms with E-state index in [0.29, 0.717) is 24.4 Å². The molecule has 0 aliphatic rings. The molecule has 0 aliphatic carbocycles. The lowest BCUT2D eigenvalue weighted by molar-refractivity contribution is -0.141. The van der Waals surface area contributed by atoms with Gasteiger partial charge in [-0.2, -0.15) is 5.26 Å². The second-order valence-corrected chi connectivity index (χ2v) is 6.43. The van der Waals surface area contributed by atoms with Gasteiger partial charge in [0.05, 0.1) is 0 Å². The Kier molecular flexibility index (Phi) is 8.51. The van der Waals surface area contributed by atoms with Crippen LogP contribution in [0.4, 0.5) is 0 Å². The van der Waals surface area contributed by atoms with E-state index in [0.717, 1.165) is 5.56 Å². The predicted octanol–water partition coefficient (Wildman–Crippen LogP) is 2.50. The molecule has 0 aliphatic heterocycles. The minimum absolute atomic E-state index is 0.105. The number of nitrogens with zero attached hydrogens (tertiary/aromatic N) is 1. The summed E-state index contributed by atoms with van der Waals surface area (Å²) in [6.07, 6.45) is 2.29. The highest BCUT2D eigenvalue weighted by Gasteiger charge is 2.22. The molecule has 0 heterocycles. The number of carbonyl (C=O) groups is 2. The SMILES string of the molecule is CC(C)CC(NC(=O)/C(C#N)=C\NCCc1ccc(Cl)cc1)C(=O)O. The van der Waals surface area contributed by atoms with Crippen molar-refractivity contribution < 1.29 is 14.7 Å². The zero-order valence-electron chi connectivity index (χ0n) is 14.3. The number of aliphatic carboxylic acids is 1. The van der Waals surface area contributed by atoms with E-state index in [2.05, 4.69) is 10.6 Å². The Hall–Kier alpha value is -2.52. The van der Waals surface area contributed by atoms with Crippen LogP contribution in [0.3, 0.4) is 0 Å². The van der Waals surface area contributed by atoms with Gasteiger partial charge >= 0.3 is 5.97 Å². The number of hydrogen-bond acceptors (Lipinski definition) is 4. The third kappa shape index (κ3) is 7.73. The quantitative estimate of drug-likeness (QED) is 0.355. The Morgan fingerprint density at radius 1 is 1.32 bits per heavy atom. The van der Waals surface area contributed by atoms with Gasteiger partial charge in [0.25, 0.3) is 5.91 Å². The second-order valence-electron chi connectivity index (χ2n) is 5.99. The van der Waals surface area contributed by atoms with Crippen LogP contribution in [-0.2, 0) is 16.0 Å². The number of carboxylic acids is 1. The van der Waals surface area contributed by atoms with Gasteiger partial charge in [0, 0.05) is 17.8 Å². The van der Waals surface area contributed by atoms with Crippen LogP contribution in [0.5, 0.6) is 0 Å². The fourth-order valence-electron chi connectivity index (χ4n) is 2.12. The van der Waals surface area contributed by atoms with E-state index < -0.39 is 17.9 Å². The van der Waals surface area contributed by atoms with Gasteiger partial charge in [0.15, 0.2) is 0 Å². The van der Waals surface area contributed by atoms with E-state index in [4.69, 9.17) is 22.0 Å². The van der Waals surface area contributed by atoms with Gasteiger partial charge in [-0.15, -0.1) is 0 Å². The monoisotopic (exact) mass is 363 g/mol. The van der Waals surface area contributed by atoms with E-state index in [1.807, 2.05) is 26.0 Å². The normalized spacial score (nSPS) is 12.4. The first-order valence-electron chi connectivity index (χ1n) is 7.95. The maximum absolute atomic E-state index is 12.1. The first kappa shape index (κ1) is 20.5. The number of rotatable bonds is 9. The first-order valence-corrected chi connectivity index (χ1v) is 8.33. The summed E-state index contributed by atoms with van der Waals surface area (Å²) in [6, 6.07) is 8.15. The molecular weight excluding hydrogens is 342 g/mol. The molecule has 7 heteroatoms. The lowest BCUT2D eigenvalue weighted by atomic mass is 10.0. The van der Waals surface area contributed by atoms with Gasteiger partial charge in [0.2, 0.25) is 0 Å². The summed E-state index contributed by atoms with van der Waals surface area (Å²) < 4.78 is 0. The van der Waals surface area contributed by atoms with E-state index in [-0.39, 0.29) is 11.5 Å². The number of carboxylic acid groups (broad SMARTS) is 1. The number of carbonyl (C=O) groups excluding carboxylic acids is 1. The molecule has 1 aromatic carbocycles. The molecule has 0 bridgehead atoms. The van der Waals surface area contributed by atoms with Crippen LogP contribution in [0.15, 0.2) is 36.0 Å². The molecule has 0 radical (unpaired) electrons. The predicted molar refractivity (Wildman–Crippen MR) is 95.9 cm³/mol. The van der Waals surface area contributed by atoms with Gasteiger partial charge < -0.3 is 15.7 Å². The molecule has 134 valence electrons. The third-order valence-electron chi connectivity index (χ3n) is 3.39. The van der Waals surface area contributed by atoms with E-state index in [1.165, 1.54) is 6.20 Å². The molecule has 0 spiro atoms. The van der Waals surface area contributed by atoms with Crippen molar-refractivity contribution in [3.8, 4) is 6.07 Å². The summed E-state index contributed by atoms with van der Waals surface area (Å²) in [5, 5.41) is 24.2. The van der Waals surface area contributed by atoms with Crippen LogP contribution in [0.25, 0.3) is 0 Å². The van der Waals surface area contributed by atoms with Gasteiger partial charge in [-0.3, -0.25) is 4.79 Å². The van der Waals surface area contributed by atoms with Gasteiger partial charge in [0.1, 0.15) is 17.7 Å². The zero-order chi connectivity index (χ0) is 18.8. The molecule has 1 amide bonds. The highest BCUT2D eigenvalue weighted by Crippen LogP contribution is 2.09. The Bertz CT molecular complexity index is 663.